The predicted octanol–water partition coefficient (Wildman–Crippen LogP) is 2.28. The minimum absolute atomic E-state index is 0.405. The minimum Gasteiger partial charge on any atom is -0.468 e. The van der Waals surface area contributed by atoms with Gasteiger partial charge in [0.2, 0.25) is 0 Å². The maximum atomic E-state index is 11.9. The number of allylic oxidation sites excluding steroid dienone is 1. The first kappa shape index (κ1) is 15.0. The molecule has 5 nitrogen and oxygen atoms in total. The standard InChI is InChI=1S/C14H18O5/c1-10(7-8-11-6-5-9-19-11)14(2,12(15)17-3)13(16)18-4/h5-10H,1-4H3/b8-7+/t10-/m0/s1. The maximum Gasteiger partial charge on any atom is 0.323 e. The van der Waals surface area contributed by atoms with Crippen LogP contribution < -0.4 is 0 Å². The summed E-state index contributed by atoms with van der Waals surface area (Å²) in [5.41, 5.74) is -1.38. The number of ether oxygens (including phenoxy) is 2. The molecule has 1 aromatic heterocycles. The molecule has 0 spiro atoms. The minimum atomic E-state index is -1.38. The zero-order valence-corrected chi connectivity index (χ0v) is 11.5. The van der Waals surface area contributed by atoms with Gasteiger partial charge in [-0.3, -0.25) is 9.59 Å². The Morgan fingerprint density at radius 3 is 2.32 bits per heavy atom. The Balaban J connectivity index is 2.98. The quantitative estimate of drug-likeness (QED) is 0.604. The van der Waals surface area contributed by atoms with Crippen LogP contribution >= 0.6 is 0 Å². The Bertz CT molecular complexity index is 442. The van der Waals surface area contributed by atoms with Crippen LogP contribution in [0.15, 0.2) is 28.9 Å². The smallest absolute Gasteiger partial charge is 0.323 e. The van der Waals surface area contributed by atoms with Crippen molar-refractivity contribution in [1.29, 1.82) is 0 Å². The highest BCUT2D eigenvalue weighted by Gasteiger charge is 2.47. The first-order chi connectivity index (χ1) is 8.96. The van der Waals surface area contributed by atoms with E-state index in [2.05, 4.69) is 0 Å². The molecule has 0 saturated heterocycles. The lowest BCUT2D eigenvalue weighted by atomic mass is 9.77. The second-order valence-electron chi connectivity index (χ2n) is 4.35. The molecule has 0 aliphatic rings. The highest BCUT2D eigenvalue weighted by atomic mass is 16.5. The number of rotatable bonds is 5. The first-order valence-electron chi connectivity index (χ1n) is 5.85. The van der Waals surface area contributed by atoms with Crippen molar-refractivity contribution < 1.29 is 23.5 Å². The lowest BCUT2D eigenvalue weighted by Gasteiger charge is -2.27. The summed E-state index contributed by atoms with van der Waals surface area (Å²) >= 11 is 0. The molecule has 0 N–H and O–H groups in total. The average Bonchev–Trinajstić information content (AvgIpc) is 2.94. The van der Waals surface area contributed by atoms with Crippen molar-refractivity contribution >= 4 is 18.0 Å². The third kappa shape index (κ3) is 3.05. The number of carbonyl (C=O) groups excluding carboxylic acids is 2. The fourth-order valence-electron chi connectivity index (χ4n) is 1.70. The molecule has 0 radical (unpaired) electrons. The fourth-order valence-corrected chi connectivity index (χ4v) is 1.70. The molecule has 0 fully saturated rings. The Morgan fingerprint density at radius 1 is 1.32 bits per heavy atom. The van der Waals surface area contributed by atoms with Gasteiger partial charge in [0.15, 0.2) is 5.41 Å². The van der Waals surface area contributed by atoms with Gasteiger partial charge in [-0.05, 0) is 25.1 Å². The number of hydrogen-bond donors (Lipinski definition) is 0. The largest absolute Gasteiger partial charge is 0.468 e. The van der Waals surface area contributed by atoms with Crippen molar-refractivity contribution in [3.63, 3.8) is 0 Å². The van der Waals surface area contributed by atoms with Gasteiger partial charge in [-0.2, -0.15) is 0 Å². The van der Waals surface area contributed by atoms with Gasteiger partial charge in [-0.15, -0.1) is 0 Å². The summed E-state index contributed by atoms with van der Waals surface area (Å²) in [4.78, 5) is 23.7. The topological polar surface area (TPSA) is 65.7 Å². The number of esters is 2. The van der Waals surface area contributed by atoms with Crippen LogP contribution in [0.25, 0.3) is 6.08 Å². The zero-order chi connectivity index (χ0) is 14.5. The van der Waals surface area contributed by atoms with Gasteiger partial charge in [0, 0.05) is 5.92 Å². The molecule has 0 aromatic carbocycles. The van der Waals surface area contributed by atoms with Crippen molar-refractivity contribution in [2.24, 2.45) is 11.3 Å². The SMILES string of the molecule is COC(=O)C(C)(C(=O)OC)[C@@H](C)/C=C/c1ccco1. The van der Waals surface area contributed by atoms with Crippen molar-refractivity contribution in [2.75, 3.05) is 14.2 Å². The molecule has 1 heterocycles. The highest BCUT2D eigenvalue weighted by Crippen LogP contribution is 2.32. The molecule has 1 aromatic rings. The molecular weight excluding hydrogens is 248 g/mol. The molecule has 1 rings (SSSR count). The third-order valence-corrected chi connectivity index (χ3v) is 3.22. The summed E-state index contributed by atoms with van der Waals surface area (Å²) in [6, 6.07) is 3.53. The molecular formula is C14H18O5. The van der Waals surface area contributed by atoms with E-state index in [9.17, 15) is 9.59 Å². The summed E-state index contributed by atoms with van der Waals surface area (Å²) in [5, 5.41) is 0. The van der Waals surface area contributed by atoms with Crippen LogP contribution in [0.5, 0.6) is 0 Å². The van der Waals surface area contributed by atoms with E-state index in [-0.39, 0.29) is 0 Å². The van der Waals surface area contributed by atoms with Gasteiger partial charge in [0.1, 0.15) is 5.76 Å². The lowest BCUT2D eigenvalue weighted by molar-refractivity contribution is -0.170. The van der Waals surface area contributed by atoms with Crippen molar-refractivity contribution in [3.05, 3.63) is 30.2 Å². The van der Waals surface area contributed by atoms with Crippen LogP contribution in [0, 0.1) is 11.3 Å². The van der Waals surface area contributed by atoms with Crippen molar-refractivity contribution in [3.8, 4) is 0 Å². The molecule has 0 bridgehead atoms. The van der Waals surface area contributed by atoms with Gasteiger partial charge in [0.05, 0.1) is 20.5 Å². The van der Waals surface area contributed by atoms with E-state index in [4.69, 9.17) is 13.9 Å². The van der Waals surface area contributed by atoms with Gasteiger partial charge in [-0.1, -0.05) is 13.0 Å². The van der Waals surface area contributed by atoms with Gasteiger partial charge in [0.25, 0.3) is 0 Å². The van der Waals surface area contributed by atoms with Crippen molar-refractivity contribution in [1.82, 2.24) is 0 Å². The first-order valence-corrected chi connectivity index (χ1v) is 5.85. The van der Waals surface area contributed by atoms with E-state index >= 15 is 0 Å². The maximum absolute atomic E-state index is 11.9. The van der Waals surface area contributed by atoms with E-state index in [0.29, 0.717) is 5.76 Å². The summed E-state index contributed by atoms with van der Waals surface area (Å²) in [6.07, 6.45) is 4.96. The molecule has 19 heavy (non-hydrogen) atoms. The van der Waals surface area contributed by atoms with Crippen LogP contribution in [0.3, 0.4) is 0 Å². The molecule has 0 amide bonds. The predicted molar refractivity (Wildman–Crippen MR) is 69.0 cm³/mol. The summed E-state index contributed by atoms with van der Waals surface area (Å²) in [7, 11) is 2.49. The van der Waals surface area contributed by atoms with Crippen LogP contribution in [0.4, 0.5) is 0 Å². The molecule has 1 atom stereocenters. The molecule has 0 aliphatic carbocycles. The van der Waals surface area contributed by atoms with E-state index < -0.39 is 23.3 Å². The van der Waals surface area contributed by atoms with E-state index in [1.165, 1.54) is 21.1 Å². The third-order valence-electron chi connectivity index (χ3n) is 3.22. The Hall–Kier alpha value is -2.04. The van der Waals surface area contributed by atoms with E-state index in [1.807, 2.05) is 0 Å². The lowest BCUT2D eigenvalue weighted by Crippen LogP contribution is -2.43. The number of methoxy groups -OCH3 is 2. The summed E-state index contributed by atoms with van der Waals surface area (Å²) < 4.78 is 14.5. The van der Waals surface area contributed by atoms with Crippen LogP contribution in [0.2, 0.25) is 0 Å². The summed E-state index contributed by atoms with van der Waals surface area (Å²) in [5.74, 6) is -1.02. The normalized spacial score (nSPS) is 13.3. The zero-order valence-electron chi connectivity index (χ0n) is 11.5. The molecule has 0 unspecified atom stereocenters. The van der Waals surface area contributed by atoms with E-state index in [0.717, 1.165) is 0 Å². The Kier molecular flexibility index (Phi) is 4.92. The number of furan rings is 1. The number of hydrogen-bond acceptors (Lipinski definition) is 5. The van der Waals surface area contributed by atoms with Crippen molar-refractivity contribution in [2.45, 2.75) is 13.8 Å². The fraction of sp³-hybridized carbons (Fsp3) is 0.429. The molecule has 0 saturated carbocycles. The monoisotopic (exact) mass is 266 g/mol. The van der Waals surface area contributed by atoms with Crippen LogP contribution in [0.1, 0.15) is 19.6 Å². The Morgan fingerprint density at radius 2 is 1.89 bits per heavy atom. The van der Waals surface area contributed by atoms with Gasteiger partial charge < -0.3 is 13.9 Å². The second-order valence-corrected chi connectivity index (χ2v) is 4.35. The summed E-state index contributed by atoms with van der Waals surface area (Å²) in [6.45, 7) is 3.25. The second kappa shape index (κ2) is 6.22. The average molecular weight is 266 g/mol. The molecule has 0 aliphatic heterocycles. The van der Waals surface area contributed by atoms with Crippen LogP contribution in [-0.4, -0.2) is 26.2 Å². The van der Waals surface area contributed by atoms with E-state index in [1.54, 1.807) is 37.5 Å². The highest BCUT2D eigenvalue weighted by molar-refractivity contribution is 6.00. The van der Waals surface area contributed by atoms with Gasteiger partial charge >= 0.3 is 11.9 Å². The molecule has 104 valence electrons. The Labute approximate surface area is 112 Å². The number of carbonyl (C=O) groups is 2. The van der Waals surface area contributed by atoms with Crippen LogP contribution in [-0.2, 0) is 19.1 Å². The van der Waals surface area contributed by atoms with Gasteiger partial charge in [-0.25, -0.2) is 0 Å². The molecule has 5 heteroatoms.